The van der Waals surface area contributed by atoms with E-state index in [4.69, 9.17) is 5.53 Å². The second kappa shape index (κ2) is 7.15. The number of rotatable bonds is 6. The zero-order chi connectivity index (χ0) is 14.4. The number of hydrogen-bond acceptors (Lipinski definition) is 2. The van der Waals surface area contributed by atoms with Gasteiger partial charge in [-0.05, 0) is 55.2 Å². The number of nitrogens with zero attached hydrogens (tertiary/aromatic N) is 3. The summed E-state index contributed by atoms with van der Waals surface area (Å²) in [6.07, 6.45) is 6.33. The molecule has 0 aromatic carbocycles. The third-order valence-corrected chi connectivity index (χ3v) is 4.22. The molecule has 1 aliphatic carbocycles. The quantitative estimate of drug-likeness (QED) is 0.363. The van der Waals surface area contributed by atoms with Gasteiger partial charge in [-0.2, -0.15) is 0 Å². The van der Waals surface area contributed by atoms with Crippen molar-refractivity contribution in [3.63, 3.8) is 0 Å². The van der Waals surface area contributed by atoms with Gasteiger partial charge in [0.05, 0.1) is 0 Å². The summed E-state index contributed by atoms with van der Waals surface area (Å²) >= 11 is 0. The van der Waals surface area contributed by atoms with E-state index < -0.39 is 0 Å². The van der Waals surface area contributed by atoms with Gasteiger partial charge in [0.25, 0.3) is 0 Å². The van der Waals surface area contributed by atoms with Crippen LogP contribution in [-0.4, -0.2) is 17.3 Å². The van der Waals surface area contributed by atoms with Gasteiger partial charge in [-0.3, -0.25) is 4.79 Å². The van der Waals surface area contributed by atoms with Crippen molar-refractivity contribution in [2.24, 2.45) is 22.9 Å². The van der Waals surface area contributed by atoms with Gasteiger partial charge in [0.15, 0.2) is 0 Å². The molecular weight excluding hydrogens is 252 g/mol. The van der Waals surface area contributed by atoms with E-state index >= 15 is 0 Å². The number of nitrogens with one attached hydrogen (secondary N) is 1. The summed E-state index contributed by atoms with van der Waals surface area (Å²) in [6.45, 7) is 2.65. The maximum Gasteiger partial charge on any atom is 0.136 e. The van der Waals surface area contributed by atoms with Crippen molar-refractivity contribution in [3.8, 4) is 0 Å². The molecule has 2 rings (SSSR count). The van der Waals surface area contributed by atoms with E-state index in [0.29, 0.717) is 30.6 Å². The maximum absolute atomic E-state index is 12.3. The smallest absolute Gasteiger partial charge is 0.136 e. The number of carbonyl (C=O) groups is 1. The number of carbonyl (C=O) groups excluding carboxylic acids is 1. The fraction of sp³-hybridized carbons (Fsp3) is 0.667. The van der Waals surface area contributed by atoms with Crippen LogP contribution in [0.5, 0.6) is 0 Å². The first-order valence-electron chi connectivity index (χ1n) is 7.36. The monoisotopic (exact) mass is 274 g/mol. The summed E-state index contributed by atoms with van der Waals surface area (Å²) in [5.74, 6) is 1.41. The lowest BCUT2D eigenvalue weighted by atomic mass is 9.70. The molecular formula is C15H22N4O. The van der Waals surface area contributed by atoms with E-state index in [0.717, 1.165) is 25.7 Å². The Kier molecular flexibility index (Phi) is 5.24. The molecule has 0 bridgehead atoms. The SMILES string of the molecule is C[C@H]1CC(=O)C(CCCN=[N+]=[N-])[C@H](Cc2ccc[nH]2)C1. The molecule has 0 amide bonds. The normalized spacial score (nSPS) is 26.2. The molecule has 0 spiro atoms. The van der Waals surface area contributed by atoms with Gasteiger partial charge < -0.3 is 4.98 Å². The Hall–Kier alpha value is -1.74. The van der Waals surface area contributed by atoms with E-state index in [1.54, 1.807) is 0 Å². The summed E-state index contributed by atoms with van der Waals surface area (Å²) in [4.78, 5) is 18.3. The molecule has 1 aliphatic rings. The third kappa shape index (κ3) is 3.87. The fourth-order valence-electron chi connectivity index (χ4n) is 3.35. The Morgan fingerprint density at radius 2 is 2.40 bits per heavy atom. The van der Waals surface area contributed by atoms with Crippen molar-refractivity contribution in [3.05, 3.63) is 34.5 Å². The lowest BCUT2D eigenvalue weighted by molar-refractivity contribution is -0.128. The van der Waals surface area contributed by atoms with Crippen LogP contribution in [0, 0.1) is 17.8 Å². The first-order valence-corrected chi connectivity index (χ1v) is 7.36. The highest BCUT2D eigenvalue weighted by Crippen LogP contribution is 2.36. The Balaban J connectivity index is 1.98. The van der Waals surface area contributed by atoms with Gasteiger partial charge in [0, 0.05) is 35.7 Å². The number of Topliss-reactive ketones (excluding diaryl/α,β-unsaturated/α-hetero) is 1. The lowest BCUT2D eigenvalue weighted by Crippen LogP contribution is -2.33. The molecule has 1 N–H and O–H groups in total. The second-order valence-electron chi connectivity index (χ2n) is 5.87. The molecule has 0 saturated heterocycles. The predicted octanol–water partition coefficient (Wildman–Crippen LogP) is 3.88. The number of azide groups is 1. The van der Waals surface area contributed by atoms with Crippen LogP contribution in [0.15, 0.2) is 23.4 Å². The summed E-state index contributed by atoms with van der Waals surface area (Å²) in [7, 11) is 0. The van der Waals surface area contributed by atoms with Crippen molar-refractivity contribution >= 4 is 5.78 Å². The second-order valence-corrected chi connectivity index (χ2v) is 5.87. The van der Waals surface area contributed by atoms with Crippen molar-refractivity contribution in [2.75, 3.05) is 6.54 Å². The predicted molar refractivity (Wildman–Crippen MR) is 78.1 cm³/mol. The number of aromatic amines is 1. The van der Waals surface area contributed by atoms with Gasteiger partial charge in [-0.25, -0.2) is 0 Å². The van der Waals surface area contributed by atoms with Crippen LogP contribution in [0.4, 0.5) is 0 Å². The number of ketones is 1. The molecule has 1 unspecified atom stereocenters. The Labute approximate surface area is 119 Å². The molecule has 20 heavy (non-hydrogen) atoms. The van der Waals surface area contributed by atoms with Crippen LogP contribution in [0.3, 0.4) is 0 Å². The molecule has 5 heteroatoms. The molecule has 1 heterocycles. The number of aromatic nitrogens is 1. The van der Waals surface area contributed by atoms with Gasteiger partial charge in [0.2, 0.25) is 0 Å². The van der Waals surface area contributed by atoms with E-state index in [2.05, 4.69) is 28.0 Å². The minimum atomic E-state index is 0.128. The van der Waals surface area contributed by atoms with Gasteiger partial charge >= 0.3 is 0 Å². The third-order valence-electron chi connectivity index (χ3n) is 4.22. The first-order chi connectivity index (χ1) is 9.70. The average Bonchev–Trinajstić information content (AvgIpc) is 2.89. The molecule has 108 valence electrons. The minimum absolute atomic E-state index is 0.128. The molecule has 1 fully saturated rings. The van der Waals surface area contributed by atoms with Gasteiger partial charge in [-0.1, -0.05) is 12.0 Å². The summed E-state index contributed by atoms with van der Waals surface area (Å²) in [5.41, 5.74) is 9.51. The maximum atomic E-state index is 12.3. The van der Waals surface area contributed by atoms with Crippen LogP contribution < -0.4 is 0 Å². The summed E-state index contributed by atoms with van der Waals surface area (Å²) in [5, 5.41) is 3.56. The van der Waals surface area contributed by atoms with Crippen molar-refractivity contribution in [1.82, 2.24) is 4.98 Å². The Bertz CT molecular complexity index is 476. The zero-order valence-electron chi connectivity index (χ0n) is 12.0. The average molecular weight is 274 g/mol. The molecule has 1 saturated carbocycles. The van der Waals surface area contributed by atoms with Crippen molar-refractivity contribution in [1.29, 1.82) is 0 Å². The largest absolute Gasteiger partial charge is 0.365 e. The topological polar surface area (TPSA) is 81.6 Å². The summed E-state index contributed by atoms with van der Waals surface area (Å²) in [6, 6.07) is 4.08. The summed E-state index contributed by atoms with van der Waals surface area (Å²) < 4.78 is 0. The van der Waals surface area contributed by atoms with Crippen LogP contribution in [0.25, 0.3) is 10.4 Å². The minimum Gasteiger partial charge on any atom is -0.365 e. The number of hydrogen-bond donors (Lipinski definition) is 1. The van der Waals surface area contributed by atoms with Gasteiger partial charge in [-0.15, -0.1) is 0 Å². The van der Waals surface area contributed by atoms with E-state index in [1.807, 2.05) is 12.3 Å². The lowest BCUT2D eigenvalue weighted by Gasteiger charge is -2.33. The van der Waals surface area contributed by atoms with Crippen molar-refractivity contribution in [2.45, 2.75) is 39.0 Å². The first kappa shape index (κ1) is 14.7. The van der Waals surface area contributed by atoms with Crippen LogP contribution in [0.1, 0.15) is 38.3 Å². The zero-order valence-corrected chi connectivity index (χ0v) is 12.0. The molecule has 0 radical (unpaired) electrons. The Morgan fingerprint density at radius 3 is 3.10 bits per heavy atom. The van der Waals surface area contributed by atoms with E-state index in [9.17, 15) is 4.79 Å². The van der Waals surface area contributed by atoms with Gasteiger partial charge in [0.1, 0.15) is 5.78 Å². The molecule has 1 aromatic rings. The van der Waals surface area contributed by atoms with Crippen LogP contribution in [-0.2, 0) is 11.2 Å². The van der Waals surface area contributed by atoms with Crippen LogP contribution >= 0.6 is 0 Å². The highest BCUT2D eigenvalue weighted by atomic mass is 16.1. The van der Waals surface area contributed by atoms with E-state index in [-0.39, 0.29) is 5.92 Å². The highest BCUT2D eigenvalue weighted by Gasteiger charge is 2.34. The van der Waals surface area contributed by atoms with E-state index in [1.165, 1.54) is 5.69 Å². The number of H-pyrrole nitrogens is 1. The molecule has 1 aromatic heterocycles. The van der Waals surface area contributed by atoms with Crippen molar-refractivity contribution < 1.29 is 4.79 Å². The highest BCUT2D eigenvalue weighted by molar-refractivity contribution is 5.82. The van der Waals surface area contributed by atoms with Crippen LogP contribution in [0.2, 0.25) is 0 Å². The molecule has 5 nitrogen and oxygen atoms in total. The molecule has 0 aliphatic heterocycles. The molecule has 3 atom stereocenters. The standard InChI is InChI=1S/C15H22N4O/c1-11-8-12(10-13-4-2-6-17-13)14(15(20)9-11)5-3-7-18-19-16/h2,4,6,11-12,14,17H,3,5,7-10H2,1H3/t11-,12+,14?/m1/s1. The Morgan fingerprint density at radius 1 is 1.55 bits per heavy atom. The fourth-order valence-corrected chi connectivity index (χ4v) is 3.35.